The van der Waals surface area contributed by atoms with E-state index in [1.165, 1.54) is 0 Å². The van der Waals surface area contributed by atoms with Gasteiger partial charge in [0, 0.05) is 78.5 Å². The molecule has 0 atom stereocenters. The summed E-state index contributed by atoms with van der Waals surface area (Å²) in [5, 5.41) is 0. The minimum atomic E-state index is 0.0617. The Morgan fingerprint density at radius 3 is 0.719 bits per heavy atom. The van der Waals surface area contributed by atoms with Crippen molar-refractivity contribution in [1.29, 1.82) is 0 Å². The van der Waals surface area contributed by atoms with Crippen molar-refractivity contribution in [2.24, 2.45) is 0 Å². The quantitative estimate of drug-likeness (QED) is 0.334. The van der Waals surface area contributed by atoms with Gasteiger partial charge in [-0.05, 0) is 0 Å². The fraction of sp³-hybridized carbons (Fsp3) is 0.800. The summed E-state index contributed by atoms with van der Waals surface area (Å²) in [4.78, 5) is 56.6. The molecule has 0 N–H and O–H groups in total. The summed E-state index contributed by atoms with van der Waals surface area (Å²) in [6, 6.07) is 0. The van der Waals surface area contributed by atoms with Gasteiger partial charge in [-0.1, -0.05) is 27.3 Å². The second-order valence-electron chi connectivity index (χ2n) is 8.12. The molecule has 0 spiro atoms. The van der Waals surface area contributed by atoms with Gasteiger partial charge in [0.1, 0.15) is 0 Å². The molecule has 32 heavy (non-hydrogen) atoms. The molecule has 0 aromatic heterocycles. The Morgan fingerprint density at radius 2 is 0.594 bits per heavy atom. The molecule has 1 rings (SSSR count). The van der Waals surface area contributed by atoms with Gasteiger partial charge < -0.3 is 19.2 Å². The molecule has 1 fully saturated rings. The Hall–Kier alpha value is -1.22. The van der Waals surface area contributed by atoms with Gasteiger partial charge in [0.25, 0.3) is 0 Å². The van der Waals surface area contributed by atoms with Crippen LogP contribution in [-0.4, -0.2) is 150 Å². The monoisotopic (exact) mass is 440 g/mol. The summed E-state index contributed by atoms with van der Waals surface area (Å²) in [6.07, 6.45) is 0. The highest BCUT2D eigenvalue weighted by molar-refractivity contribution is 6.74. The molecule has 8 nitrogen and oxygen atoms in total. The molecule has 0 aliphatic carbocycles. The van der Waals surface area contributed by atoms with E-state index in [9.17, 15) is 19.2 Å². The number of carbonyl (C=O) groups is 4. The summed E-state index contributed by atoms with van der Waals surface area (Å²) in [6.45, 7) is 13.5. The van der Waals surface area contributed by atoms with Crippen LogP contribution in [0.3, 0.4) is 0 Å². The topological polar surface area (TPSA) is 81.2 Å². The van der Waals surface area contributed by atoms with Crippen LogP contribution in [0.1, 0.15) is 0 Å². The predicted octanol–water partition coefficient (Wildman–Crippen LogP) is -1.68. The third kappa shape index (κ3) is 12.1. The normalized spacial score (nSPS) is 18.1. The molecule has 172 valence electrons. The van der Waals surface area contributed by atoms with E-state index in [0.717, 1.165) is 0 Å². The van der Waals surface area contributed by atoms with Crippen LogP contribution in [-0.2, 0) is 19.2 Å². The molecule has 1 aliphatic rings. The van der Waals surface area contributed by atoms with Gasteiger partial charge >= 0.3 is 0 Å². The Morgan fingerprint density at radius 1 is 0.438 bits per heavy atom. The molecule has 1 aliphatic heterocycles. The molecule has 0 bridgehead atoms. The van der Waals surface area contributed by atoms with Crippen LogP contribution in [0.25, 0.3) is 0 Å². The second kappa shape index (κ2) is 16.4. The fourth-order valence-corrected chi connectivity index (χ4v) is 3.46. The first-order valence-corrected chi connectivity index (χ1v) is 11.5. The van der Waals surface area contributed by atoms with Crippen LogP contribution >= 0.6 is 0 Å². The van der Waals surface area contributed by atoms with Crippen LogP contribution in [0.5, 0.6) is 0 Å². The lowest BCUT2D eigenvalue weighted by atomic mass is 9.76. The SMILES string of the molecule is C[B]C(=O)CN1CCN(CC(=O)[B]C)CCN(CC(=O)[B]C)CCN(CC(=O)[B]C)CC1. The van der Waals surface area contributed by atoms with E-state index in [2.05, 4.69) is 19.6 Å². The highest BCUT2D eigenvalue weighted by Crippen LogP contribution is 2.02. The van der Waals surface area contributed by atoms with Crippen molar-refractivity contribution in [3.05, 3.63) is 0 Å². The lowest BCUT2D eigenvalue weighted by Crippen LogP contribution is -2.49. The van der Waals surface area contributed by atoms with Gasteiger partial charge in [0.2, 0.25) is 29.1 Å². The second-order valence-corrected chi connectivity index (χ2v) is 8.12. The predicted molar refractivity (Wildman–Crippen MR) is 132 cm³/mol. The van der Waals surface area contributed by atoms with Crippen LogP contribution in [0.15, 0.2) is 0 Å². The van der Waals surface area contributed by atoms with Crippen LogP contribution < -0.4 is 0 Å². The molecule has 1 saturated heterocycles. The number of nitrogens with zero attached hydrogens (tertiary/aromatic N) is 4. The summed E-state index contributed by atoms with van der Waals surface area (Å²) in [5.41, 5.74) is 0.247. The van der Waals surface area contributed by atoms with Crippen LogP contribution in [0, 0.1) is 0 Å². The number of hydrogen-bond acceptors (Lipinski definition) is 8. The van der Waals surface area contributed by atoms with Crippen molar-refractivity contribution < 1.29 is 19.2 Å². The molecule has 0 unspecified atom stereocenters. The molecule has 0 aromatic carbocycles. The zero-order chi connectivity index (χ0) is 23.9. The molecule has 0 saturated carbocycles. The van der Waals surface area contributed by atoms with Gasteiger partial charge in [-0.15, -0.1) is 0 Å². The summed E-state index contributed by atoms with van der Waals surface area (Å²) in [7, 11) is 6.32. The average molecular weight is 440 g/mol. The largest absolute Gasteiger partial charge is 0.311 e. The highest BCUT2D eigenvalue weighted by atomic mass is 16.1. The molecule has 0 aromatic rings. The van der Waals surface area contributed by atoms with Crippen molar-refractivity contribution in [3.8, 4) is 0 Å². The molecular formula is C20H36B4N4O4. The standard InChI is InChI=1S/C20H36B4N4O4/c1-21-17(29)13-25-5-7-26(14-18(30)22-2)9-11-28(16-20(32)24-4)12-10-27(8-6-25)15-19(31)23-3/h5-16H2,1-4H3. The first-order chi connectivity index (χ1) is 15.3. The third-order valence-electron chi connectivity index (χ3n) is 5.74. The molecule has 4 radical (unpaired) electrons. The Kier molecular flexibility index (Phi) is 14.8. The van der Waals surface area contributed by atoms with Crippen molar-refractivity contribution >= 4 is 51.8 Å². The van der Waals surface area contributed by atoms with Crippen LogP contribution in [0.2, 0.25) is 27.3 Å². The summed E-state index contributed by atoms with van der Waals surface area (Å²) in [5.74, 6) is 0. The van der Waals surface area contributed by atoms with E-state index in [-0.39, 0.29) is 22.7 Å². The van der Waals surface area contributed by atoms with Crippen LogP contribution in [0.4, 0.5) is 0 Å². The van der Waals surface area contributed by atoms with Crippen molar-refractivity contribution in [2.45, 2.75) is 27.3 Å². The average Bonchev–Trinajstić information content (AvgIpc) is 2.79. The lowest BCUT2D eigenvalue weighted by molar-refractivity contribution is -0.115. The van der Waals surface area contributed by atoms with Gasteiger partial charge in [0.05, 0.1) is 22.7 Å². The van der Waals surface area contributed by atoms with E-state index in [4.69, 9.17) is 0 Å². The fourth-order valence-electron chi connectivity index (χ4n) is 3.46. The summed E-state index contributed by atoms with van der Waals surface area (Å²) >= 11 is 0. The maximum Gasteiger partial charge on any atom is 0.200 e. The summed E-state index contributed by atoms with van der Waals surface area (Å²) < 4.78 is 0. The smallest absolute Gasteiger partial charge is 0.200 e. The first-order valence-electron chi connectivity index (χ1n) is 11.5. The third-order valence-corrected chi connectivity index (χ3v) is 5.74. The minimum absolute atomic E-state index is 0.0617. The molecule has 12 heteroatoms. The number of hydrogen-bond donors (Lipinski definition) is 0. The maximum atomic E-state index is 12.1. The van der Waals surface area contributed by atoms with E-state index in [0.29, 0.717) is 78.5 Å². The van der Waals surface area contributed by atoms with Gasteiger partial charge in [-0.2, -0.15) is 0 Å². The zero-order valence-corrected chi connectivity index (χ0v) is 20.2. The molecular weight excluding hydrogens is 403 g/mol. The maximum absolute atomic E-state index is 12.1. The number of carbonyl (C=O) groups excluding carboxylic acids is 4. The Bertz CT molecular complexity index is 506. The Balaban J connectivity index is 2.99. The van der Waals surface area contributed by atoms with Gasteiger partial charge in [-0.25, -0.2) is 0 Å². The molecule has 1 heterocycles. The van der Waals surface area contributed by atoms with Crippen molar-refractivity contribution in [1.82, 2.24) is 19.6 Å². The zero-order valence-electron chi connectivity index (χ0n) is 20.2. The molecule has 0 amide bonds. The van der Waals surface area contributed by atoms with Crippen molar-refractivity contribution in [2.75, 3.05) is 78.5 Å². The van der Waals surface area contributed by atoms with Gasteiger partial charge in [0.15, 0.2) is 0 Å². The van der Waals surface area contributed by atoms with E-state index in [1.807, 2.05) is 0 Å². The highest BCUT2D eigenvalue weighted by Gasteiger charge is 2.20. The van der Waals surface area contributed by atoms with E-state index >= 15 is 0 Å². The van der Waals surface area contributed by atoms with E-state index in [1.54, 1.807) is 56.4 Å². The first kappa shape index (κ1) is 28.8. The minimum Gasteiger partial charge on any atom is -0.311 e. The lowest BCUT2D eigenvalue weighted by Gasteiger charge is -2.33. The number of rotatable bonds is 12. The van der Waals surface area contributed by atoms with Crippen molar-refractivity contribution in [3.63, 3.8) is 0 Å². The van der Waals surface area contributed by atoms with E-state index < -0.39 is 0 Å². The van der Waals surface area contributed by atoms with Gasteiger partial charge in [-0.3, -0.25) is 19.6 Å². The Labute approximate surface area is 196 Å².